The Morgan fingerprint density at radius 1 is 1.29 bits per heavy atom. The number of rotatable bonds is 4. The normalized spacial score (nSPS) is 11.7. The van der Waals surface area contributed by atoms with E-state index in [4.69, 9.17) is 22.3 Å². The number of hydrogen-bond donors (Lipinski definition) is 1. The molecule has 1 heterocycles. The lowest BCUT2D eigenvalue weighted by Gasteiger charge is -2.18. The predicted molar refractivity (Wildman–Crippen MR) is 92.3 cm³/mol. The molecule has 0 atom stereocenters. The van der Waals surface area contributed by atoms with Gasteiger partial charge in [-0.25, -0.2) is 4.98 Å². The molecule has 0 radical (unpaired) electrons. The average molecular weight is 324 g/mol. The van der Waals surface area contributed by atoms with E-state index in [-0.39, 0.29) is 5.41 Å². The van der Waals surface area contributed by atoms with Gasteiger partial charge in [0.1, 0.15) is 0 Å². The summed E-state index contributed by atoms with van der Waals surface area (Å²) >= 11 is 7.89. The Bertz CT molecular complexity index is 616. The van der Waals surface area contributed by atoms with E-state index in [1.165, 1.54) is 0 Å². The summed E-state index contributed by atoms with van der Waals surface area (Å²) in [6.07, 6.45) is 0. The van der Waals surface area contributed by atoms with Gasteiger partial charge in [-0.2, -0.15) is 0 Å². The second kappa shape index (κ2) is 6.34. The molecule has 0 unspecified atom stereocenters. The number of thiazole rings is 1. The molecule has 3 nitrogen and oxygen atoms in total. The Kier molecular flexibility index (Phi) is 4.91. The molecule has 0 saturated carbocycles. The Hall–Kier alpha value is -1.10. The van der Waals surface area contributed by atoms with E-state index in [1.54, 1.807) is 11.3 Å². The molecule has 0 spiro atoms. The van der Waals surface area contributed by atoms with Crippen molar-refractivity contribution in [1.82, 2.24) is 4.98 Å². The largest absolute Gasteiger partial charge is 0.347 e. The second-order valence-electron chi connectivity index (χ2n) is 6.17. The van der Waals surface area contributed by atoms with Crippen LogP contribution in [0.1, 0.15) is 36.9 Å². The van der Waals surface area contributed by atoms with Crippen molar-refractivity contribution in [2.45, 2.75) is 39.3 Å². The molecule has 2 aromatic rings. The molecule has 2 rings (SSSR count). The molecular weight excluding hydrogens is 302 g/mol. The summed E-state index contributed by atoms with van der Waals surface area (Å²) in [5.41, 5.74) is 8.07. The highest BCUT2D eigenvalue weighted by molar-refractivity contribution is 7.15. The van der Waals surface area contributed by atoms with E-state index >= 15 is 0 Å². The topological polar surface area (TPSA) is 42.2 Å². The zero-order chi connectivity index (χ0) is 15.6. The fourth-order valence-corrected chi connectivity index (χ4v) is 3.48. The third kappa shape index (κ3) is 3.76. The van der Waals surface area contributed by atoms with Crippen molar-refractivity contribution in [3.8, 4) is 0 Å². The van der Waals surface area contributed by atoms with Gasteiger partial charge in [-0.3, -0.25) is 0 Å². The van der Waals surface area contributed by atoms with Crippen LogP contribution in [0.25, 0.3) is 0 Å². The van der Waals surface area contributed by atoms with Gasteiger partial charge in [0.15, 0.2) is 5.13 Å². The summed E-state index contributed by atoms with van der Waals surface area (Å²) in [6.45, 7) is 7.77. The van der Waals surface area contributed by atoms with E-state index in [9.17, 15) is 0 Å². The summed E-state index contributed by atoms with van der Waals surface area (Å²) in [5, 5.41) is 1.77. The van der Waals surface area contributed by atoms with Crippen LogP contribution in [-0.2, 0) is 18.5 Å². The Morgan fingerprint density at radius 3 is 2.48 bits per heavy atom. The van der Waals surface area contributed by atoms with Gasteiger partial charge >= 0.3 is 0 Å². The predicted octanol–water partition coefficient (Wildman–Crippen LogP) is 4.19. The minimum absolute atomic E-state index is 0.00862. The lowest BCUT2D eigenvalue weighted by Crippen LogP contribution is -2.18. The molecule has 21 heavy (non-hydrogen) atoms. The van der Waals surface area contributed by atoms with Crippen LogP contribution in [0.15, 0.2) is 24.3 Å². The summed E-state index contributed by atoms with van der Waals surface area (Å²) in [5.74, 6) is 0. The smallest absolute Gasteiger partial charge is 0.185 e. The van der Waals surface area contributed by atoms with Gasteiger partial charge in [0.2, 0.25) is 0 Å². The van der Waals surface area contributed by atoms with Crippen molar-refractivity contribution < 1.29 is 0 Å². The lowest BCUT2D eigenvalue weighted by molar-refractivity contribution is 0.566. The van der Waals surface area contributed by atoms with Crippen molar-refractivity contribution in [2.75, 3.05) is 11.9 Å². The van der Waals surface area contributed by atoms with Crippen LogP contribution in [0, 0.1) is 0 Å². The molecule has 5 heteroatoms. The van der Waals surface area contributed by atoms with Crippen molar-refractivity contribution in [3.05, 3.63) is 45.4 Å². The van der Waals surface area contributed by atoms with Gasteiger partial charge in [-0.1, -0.05) is 50.6 Å². The number of halogens is 1. The third-order valence-electron chi connectivity index (χ3n) is 3.27. The summed E-state index contributed by atoms with van der Waals surface area (Å²) in [6, 6.07) is 7.90. The maximum atomic E-state index is 6.23. The van der Waals surface area contributed by atoms with Crippen LogP contribution >= 0.6 is 22.9 Å². The zero-order valence-electron chi connectivity index (χ0n) is 13.0. The van der Waals surface area contributed by atoms with Gasteiger partial charge in [-0.15, -0.1) is 11.3 Å². The fraction of sp³-hybridized carbons (Fsp3) is 0.438. The molecule has 0 bridgehead atoms. The molecule has 0 aliphatic heterocycles. The molecule has 0 fully saturated rings. The first kappa shape index (κ1) is 16.3. The van der Waals surface area contributed by atoms with Crippen LogP contribution in [0.2, 0.25) is 5.02 Å². The number of anilines is 1. The molecule has 0 amide bonds. The second-order valence-corrected chi connectivity index (χ2v) is 7.64. The zero-order valence-corrected chi connectivity index (χ0v) is 14.6. The van der Waals surface area contributed by atoms with Crippen molar-refractivity contribution >= 4 is 28.1 Å². The highest BCUT2D eigenvalue weighted by Gasteiger charge is 2.23. The van der Waals surface area contributed by atoms with Gasteiger partial charge in [0.25, 0.3) is 0 Å². The van der Waals surface area contributed by atoms with Crippen LogP contribution in [0.5, 0.6) is 0 Å². The lowest BCUT2D eigenvalue weighted by atomic mass is 9.91. The fourth-order valence-electron chi connectivity index (χ4n) is 2.18. The molecule has 114 valence electrons. The highest BCUT2D eigenvalue weighted by atomic mass is 35.5. The Morgan fingerprint density at radius 2 is 1.95 bits per heavy atom. The molecule has 2 N–H and O–H groups in total. The minimum atomic E-state index is 0.00862. The van der Waals surface area contributed by atoms with E-state index in [1.807, 2.05) is 31.3 Å². The molecule has 0 aliphatic rings. The first-order valence-electron chi connectivity index (χ1n) is 6.97. The standard InChI is InChI=1S/C16H22ClN3S/c1-16(2,3)14-13(9-18)21-15(19-14)20(4)10-11-7-5-6-8-12(11)17/h5-8H,9-10,18H2,1-4H3. The van der Waals surface area contributed by atoms with E-state index in [0.717, 1.165) is 32.8 Å². The third-order valence-corrected chi connectivity index (χ3v) is 4.83. The minimum Gasteiger partial charge on any atom is -0.347 e. The van der Waals surface area contributed by atoms with Crippen LogP contribution in [0.4, 0.5) is 5.13 Å². The molecule has 0 aliphatic carbocycles. The van der Waals surface area contributed by atoms with Crippen LogP contribution in [0.3, 0.4) is 0 Å². The molecular formula is C16H22ClN3S. The molecule has 1 aromatic carbocycles. The number of aromatic nitrogens is 1. The van der Waals surface area contributed by atoms with Crippen molar-refractivity contribution in [2.24, 2.45) is 5.73 Å². The Balaban J connectivity index is 2.26. The number of nitrogens with two attached hydrogens (primary N) is 1. The summed E-state index contributed by atoms with van der Waals surface area (Å²) in [7, 11) is 2.04. The van der Waals surface area contributed by atoms with Crippen LogP contribution < -0.4 is 10.6 Å². The molecule has 0 saturated heterocycles. The maximum absolute atomic E-state index is 6.23. The van der Waals surface area contributed by atoms with Gasteiger partial charge < -0.3 is 10.6 Å². The molecule has 1 aromatic heterocycles. The van der Waals surface area contributed by atoms with Crippen LogP contribution in [-0.4, -0.2) is 12.0 Å². The van der Waals surface area contributed by atoms with E-state index in [0.29, 0.717) is 6.54 Å². The van der Waals surface area contributed by atoms with Gasteiger partial charge in [-0.05, 0) is 11.6 Å². The number of benzene rings is 1. The van der Waals surface area contributed by atoms with Gasteiger partial charge in [0, 0.05) is 35.5 Å². The quantitative estimate of drug-likeness (QED) is 0.917. The first-order chi connectivity index (χ1) is 9.82. The van der Waals surface area contributed by atoms with Crippen molar-refractivity contribution in [1.29, 1.82) is 0 Å². The highest BCUT2D eigenvalue weighted by Crippen LogP contribution is 2.34. The van der Waals surface area contributed by atoms with E-state index in [2.05, 4.69) is 25.7 Å². The number of hydrogen-bond acceptors (Lipinski definition) is 4. The van der Waals surface area contributed by atoms with Gasteiger partial charge in [0.05, 0.1) is 5.69 Å². The van der Waals surface area contributed by atoms with E-state index < -0.39 is 0 Å². The van der Waals surface area contributed by atoms with Crippen molar-refractivity contribution in [3.63, 3.8) is 0 Å². The average Bonchev–Trinajstić information content (AvgIpc) is 2.85. The Labute approximate surface area is 135 Å². The SMILES string of the molecule is CN(Cc1ccccc1Cl)c1nc(C(C)(C)C)c(CN)s1. The maximum Gasteiger partial charge on any atom is 0.185 e. The summed E-state index contributed by atoms with van der Waals surface area (Å²) < 4.78 is 0. The number of nitrogens with zero attached hydrogens (tertiary/aromatic N) is 2. The monoisotopic (exact) mass is 323 g/mol. The first-order valence-corrected chi connectivity index (χ1v) is 8.17. The summed E-state index contributed by atoms with van der Waals surface area (Å²) in [4.78, 5) is 8.08.